The molecule has 1 aliphatic rings. The van der Waals surface area contributed by atoms with E-state index in [9.17, 15) is 14.4 Å². The van der Waals surface area contributed by atoms with Gasteiger partial charge in [0, 0.05) is 18.7 Å². The molecule has 1 aromatic carbocycles. The quantitative estimate of drug-likeness (QED) is 0.869. The van der Waals surface area contributed by atoms with E-state index in [4.69, 9.17) is 9.15 Å². The van der Waals surface area contributed by atoms with Crippen LogP contribution in [0.5, 0.6) is 5.75 Å². The van der Waals surface area contributed by atoms with Crippen LogP contribution in [0.1, 0.15) is 44.0 Å². The first kappa shape index (κ1) is 15.7. The zero-order valence-electron chi connectivity index (χ0n) is 13.4. The second-order valence-electron chi connectivity index (χ2n) is 5.47. The lowest BCUT2D eigenvalue weighted by molar-refractivity contribution is 0.0950. The van der Waals surface area contributed by atoms with E-state index in [0.717, 1.165) is 5.56 Å². The van der Waals surface area contributed by atoms with Gasteiger partial charge in [0.15, 0.2) is 23.1 Å². The number of hydrogen-bond acceptors (Lipinski definition) is 6. The van der Waals surface area contributed by atoms with Crippen molar-refractivity contribution < 1.29 is 23.5 Å². The third-order valence-corrected chi connectivity index (χ3v) is 3.77. The van der Waals surface area contributed by atoms with E-state index in [0.29, 0.717) is 11.4 Å². The fraction of sp³-hybridized carbons (Fsp3) is 0.167. The maximum Gasteiger partial charge on any atom is 0.245 e. The molecule has 0 radical (unpaired) electrons. The van der Waals surface area contributed by atoms with Crippen molar-refractivity contribution in [2.45, 2.75) is 13.8 Å². The Balaban J connectivity index is 1.94. The van der Waals surface area contributed by atoms with Crippen LogP contribution >= 0.6 is 0 Å². The lowest BCUT2D eigenvalue weighted by atomic mass is 9.99. The summed E-state index contributed by atoms with van der Waals surface area (Å²) >= 11 is 0. The molecule has 6 heteroatoms. The number of benzene rings is 1. The van der Waals surface area contributed by atoms with E-state index in [1.807, 2.05) is 13.0 Å². The first-order valence-corrected chi connectivity index (χ1v) is 7.28. The van der Waals surface area contributed by atoms with Crippen molar-refractivity contribution in [3.05, 3.63) is 58.7 Å². The van der Waals surface area contributed by atoms with Crippen LogP contribution in [0.4, 0.5) is 5.69 Å². The highest BCUT2D eigenvalue weighted by atomic mass is 16.5. The summed E-state index contributed by atoms with van der Waals surface area (Å²) in [6, 6.07) is 6.62. The highest BCUT2D eigenvalue weighted by molar-refractivity contribution is 6.24. The molecule has 1 aromatic heterocycles. The molecule has 3 rings (SSSR count). The Kier molecular flexibility index (Phi) is 3.81. The lowest BCUT2D eigenvalue weighted by Crippen LogP contribution is -2.20. The summed E-state index contributed by atoms with van der Waals surface area (Å²) in [5, 5.41) is 2.95. The molecule has 24 heavy (non-hydrogen) atoms. The minimum Gasteiger partial charge on any atom is -0.497 e. The summed E-state index contributed by atoms with van der Waals surface area (Å²) in [5.74, 6) is -0.608. The molecule has 0 unspecified atom stereocenters. The molecule has 0 atom stereocenters. The van der Waals surface area contributed by atoms with Gasteiger partial charge >= 0.3 is 0 Å². The SMILES string of the molecule is COc1ccc(NC2=CC(=O)c3cc(C(C)=O)oc3C2=O)c(C)c1. The van der Waals surface area contributed by atoms with Crippen LogP contribution in [0.15, 0.2) is 40.5 Å². The molecule has 2 aromatic rings. The minimum absolute atomic E-state index is 0.00280. The van der Waals surface area contributed by atoms with Crippen LogP contribution in [0.25, 0.3) is 0 Å². The Morgan fingerprint density at radius 3 is 2.58 bits per heavy atom. The molecule has 0 saturated heterocycles. The van der Waals surface area contributed by atoms with Crippen molar-refractivity contribution in [3.8, 4) is 5.75 Å². The van der Waals surface area contributed by atoms with Gasteiger partial charge in [0.2, 0.25) is 5.78 Å². The van der Waals surface area contributed by atoms with Crippen LogP contribution in [-0.4, -0.2) is 24.5 Å². The van der Waals surface area contributed by atoms with Gasteiger partial charge in [-0.1, -0.05) is 0 Å². The maximum absolute atomic E-state index is 12.5. The number of hydrogen-bond donors (Lipinski definition) is 1. The molecular weight excluding hydrogens is 310 g/mol. The number of fused-ring (bicyclic) bond motifs is 1. The van der Waals surface area contributed by atoms with Gasteiger partial charge in [-0.15, -0.1) is 0 Å². The first-order valence-electron chi connectivity index (χ1n) is 7.28. The van der Waals surface area contributed by atoms with E-state index in [1.54, 1.807) is 19.2 Å². The second kappa shape index (κ2) is 5.81. The average molecular weight is 325 g/mol. The number of anilines is 1. The number of furan rings is 1. The zero-order valence-corrected chi connectivity index (χ0v) is 13.4. The number of nitrogens with one attached hydrogen (secondary N) is 1. The molecule has 0 aliphatic heterocycles. The van der Waals surface area contributed by atoms with E-state index in [-0.39, 0.29) is 34.3 Å². The number of carbonyl (C=O) groups is 3. The largest absolute Gasteiger partial charge is 0.497 e. The van der Waals surface area contributed by atoms with E-state index in [2.05, 4.69) is 5.32 Å². The number of aryl methyl sites for hydroxylation is 1. The van der Waals surface area contributed by atoms with Crippen LogP contribution in [0.3, 0.4) is 0 Å². The van der Waals surface area contributed by atoms with Gasteiger partial charge in [-0.25, -0.2) is 0 Å². The molecule has 0 fully saturated rings. The summed E-state index contributed by atoms with van der Waals surface area (Å²) in [5.41, 5.74) is 1.74. The number of rotatable bonds is 4. The molecule has 1 N–H and O–H groups in total. The molecule has 0 spiro atoms. The van der Waals surface area contributed by atoms with Crippen LogP contribution in [0.2, 0.25) is 0 Å². The number of Topliss-reactive ketones (excluding diaryl/α,β-unsaturated/α-hetero) is 2. The Morgan fingerprint density at radius 1 is 1.21 bits per heavy atom. The lowest BCUT2D eigenvalue weighted by Gasteiger charge is -2.15. The van der Waals surface area contributed by atoms with Crippen molar-refractivity contribution >= 4 is 23.0 Å². The number of carbonyl (C=O) groups excluding carboxylic acids is 3. The van der Waals surface area contributed by atoms with Gasteiger partial charge in [-0.05, 0) is 36.8 Å². The van der Waals surface area contributed by atoms with Crippen molar-refractivity contribution in [1.29, 1.82) is 0 Å². The molecule has 122 valence electrons. The highest BCUT2D eigenvalue weighted by Gasteiger charge is 2.31. The number of ketones is 3. The van der Waals surface area contributed by atoms with Crippen molar-refractivity contribution in [2.24, 2.45) is 0 Å². The fourth-order valence-corrected chi connectivity index (χ4v) is 2.45. The van der Waals surface area contributed by atoms with Crippen LogP contribution < -0.4 is 10.1 Å². The Labute approximate surface area is 138 Å². The Bertz CT molecular complexity index is 904. The van der Waals surface area contributed by atoms with Gasteiger partial charge in [0.05, 0.1) is 18.4 Å². The Hall–Kier alpha value is -3.15. The predicted octanol–water partition coefficient (Wildman–Crippen LogP) is 3.17. The Morgan fingerprint density at radius 2 is 1.96 bits per heavy atom. The summed E-state index contributed by atoms with van der Waals surface area (Å²) in [6.45, 7) is 3.17. The van der Waals surface area contributed by atoms with Crippen LogP contribution in [-0.2, 0) is 0 Å². The molecule has 6 nitrogen and oxygen atoms in total. The molecule has 0 saturated carbocycles. The topological polar surface area (TPSA) is 85.6 Å². The van der Waals surface area contributed by atoms with E-state index in [1.165, 1.54) is 19.1 Å². The molecular formula is C18H15NO5. The summed E-state index contributed by atoms with van der Waals surface area (Å²) < 4.78 is 10.4. The molecule has 0 amide bonds. The number of ether oxygens (including phenoxy) is 1. The highest BCUT2D eigenvalue weighted by Crippen LogP contribution is 2.28. The number of allylic oxidation sites excluding steroid dienone is 2. The van der Waals surface area contributed by atoms with Gasteiger partial charge in [0.25, 0.3) is 0 Å². The summed E-state index contributed by atoms with van der Waals surface area (Å²) in [6.07, 6.45) is 1.22. The van der Waals surface area contributed by atoms with Gasteiger partial charge in [0.1, 0.15) is 5.75 Å². The van der Waals surface area contributed by atoms with Gasteiger partial charge in [-0.3, -0.25) is 14.4 Å². The van der Waals surface area contributed by atoms with Gasteiger partial charge in [-0.2, -0.15) is 0 Å². The van der Waals surface area contributed by atoms with E-state index >= 15 is 0 Å². The third-order valence-electron chi connectivity index (χ3n) is 3.77. The smallest absolute Gasteiger partial charge is 0.245 e. The summed E-state index contributed by atoms with van der Waals surface area (Å²) in [4.78, 5) is 36.1. The minimum atomic E-state index is -0.465. The normalized spacial score (nSPS) is 13.4. The van der Waals surface area contributed by atoms with Crippen molar-refractivity contribution in [3.63, 3.8) is 0 Å². The standard InChI is InChI=1S/C18H15NO5/c1-9-6-11(23-3)4-5-13(9)19-14-8-15(21)12-7-16(10(2)20)24-18(12)17(14)22/h4-8,19H,1-3H3. The molecule has 1 heterocycles. The molecule has 0 bridgehead atoms. The molecule has 1 aliphatic carbocycles. The van der Waals surface area contributed by atoms with Gasteiger partial charge < -0.3 is 14.5 Å². The zero-order chi connectivity index (χ0) is 17.4. The third kappa shape index (κ3) is 2.62. The fourth-order valence-electron chi connectivity index (χ4n) is 2.45. The predicted molar refractivity (Wildman–Crippen MR) is 86.8 cm³/mol. The first-order chi connectivity index (χ1) is 11.4. The number of methoxy groups -OCH3 is 1. The van der Waals surface area contributed by atoms with Crippen molar-refractivity contribution in [2.75, 3.05) is 12.4 Å². The van der Waals surface area contributed by atoms with Crippen LogP contribution in [0, 0.1) is 6.92 Å². The maximum atomic E-state index is 12.5. The monoisotopic (exact) mass is 325 g/mol. The summed E-state index contributed by atoms with van der Waals surface area (Å²) in [7, 11) is 1.57. The van der Waals surface area contributed by atoms with Crippen molar-refractivity contribution in [1.82, 2.24) is 0 Å². The second-order valence-corrected chi connectivity index (χ2v) is 5.47. The van der Waals surface area contributed by atoms with E-state index < -0.39 is 5.78 Å². The average Bonchev–Trinajstić information content (AvgIpc) is 3.00.